The van der Waals surface area contributed by atoms with Gasteiger partial charge in [0.1, 0.15) is 12.4 Å². The number of rotatable bonds is 5. The number of nitrogens with zero attached hydrogens (tertiary/aromatic N) is 3. The van der Waals surface area contributed by atoms with Gasteiger partial charge in [-0.3, -0.25) is 4.79 Å². The highest BCUT2D eigenvalue weighted by molar-refractivity contribution is 9.11. The molecule has 1 aromatic heterocycles. The van der Waals surface area contributed by atoms with Crippen molar-refractivity contribution in [2.45, 2.75) is 6.18 Å². The van der Waals surface area contributed by atoms with Crippen molar-refractivity contribution in [1.29, 1.82) is 0 Å². The molecule has 0 aliphatic rings. The molecule has 4 rings (SSSR count). The van der Waals surface area contributed by atoms with E-state index in [0.29, 0.717) is 25.8 Å². The number of ether oxygens (including phenoxy) is 1. The van der Waals surface area contributed by atoms with Crippen LogP contribution in [-0.4, -0.2) is 22.5 Å². The molecule has 0 saturated carbocycles. The van der Waals surface area contributed by atoms with Crippen LogP contribution < -0.4 is 10.3 Å². The first-order valence-electron chi connectivity index (χ1n) is 9.98. The van der Waals surface area contributed by atoms with Crippen LogP contribution in [0.5, 0.6) is 5.75 Å². The number of benzene rings is 3. The van der Waals surface area contributed by atoms with Crippen LogP contribution >= 0.6 is 31.9 Å². The monoisotopic (exact) mass is 603 g/mol. The minimum atomic E-state index is -4.55. The first-order valence-corrected chi connectivity index (χ1v) is 11.6. The van der Waals surface area contributed by atoms with Crippen LogP contribution in [0.25, 0.3) is 22.3 Å². The summed E-state index contributed by atoms with van der Waals surface area (Å²) in [6, 6.07) is 14.6. The maximum atomic E-state index is 13.3. The minimum absolute atomic E-state index is 0.0249. The molecule has 10 heteroatoms. The molecule has 0 aliphatic heterocycles. The molecule has 0 unspecified atom stereocenters. The SMILES string of the molecule is C#CCOc1c(Br)cc(C=Nn2c(-c3cccc(C(F)(F)F)c3)nc3ccccc3c2=O)cc1Br. The van der Waals surface area contributed by atoms with Crippen molar-refractivity contribution in [2.75, 3.05) is 6.61 Å². The Labute approximate surface area is 214 Å². The first kappa shape index (κ1) is 24.7. The number of aromatic nitrogens is 2. The Bertz CT molecular complexity index is 1530. The molecule has 4 aromatic rings. The molecule has 3 aromatic carbocycles. The fraction of sp³-hybridized carbons (Fsp3) is 0.0800. The van der Waals surface area contributed by atoms with Crippen molar-refractivity contribution in [3.8, 4) is 29.5 Å². The summed E-state index contributed by atoms with van der Waals surface area (Å²) in [6.45, 7) is 0.0726. The third-order valence-corrected chi connectivity index (χ3v) is 6.02. The Hall–Kier alpha value is -3.42. The second-order valence-electron chi connectivity index (χ2n) is 7.20. The molecule has 0 fully saturated rings. The second kappa shape index (κ2) is 10.1. The Balaban J connectivity index is 1.87. The van der Waals surface area contributed by atoms with Gasteiger partial charge in [0.15, 0.2) is 5.82 Å². The van der Waals surface area contributed by atoms with Gasteiger partial charge in [0.25, 0.3) is 5.56 Å². The molecule has 0 amide bonds. The summed E-state index contributed by atoms with van der Waals surface area (Å²) >= 11 is 6.81. The fourth-order valence-corrected chi connectivity index (χ4v) is 4.73. The van der Waals surface area contributed by atoms with Gasteiger partial charge in [-0.15, -0.1) is 6.42 Å². The summed E-state index contributed by atoms with van der Waals surface area (Å²) in [7, 11) is 0. The van der Waals surface area contributed by atoms with Crippen LogP contribution in [0.4, 0.5) is 13.2 Å². The summed E-state index contributed by atoms with van der Waals surface area (Å²) in [6.07, 6.45) is 2.09. The van der Waals surface area contributed by atoms with E-state index in [1.165, 1.54) is 18.3 Å². The van der Waals surface area contributed by atoms with Gasteiger partial charge in [0.05, 0.1) is 31.6 Å². The molecule has 0 aliphatic carbocycles. The normalized spacial score (nSPS) is 11.7. The van der Waals surface area contributed by atoms with Gasteiger partial charge in [-0.05, 0) is 73.8 Å². The van der Waals surface area contributed by atoms with Crippen LogP contribution in [-0.2, 0) is 6.18 Å². The first-order chi connectivity index (χ1) is 16.7. The van der Waals surface area contributed by atoms with Crippen molar-refractivity contribution in [3.05, 3.63) is 91.1 Å². The van der Waals surface area contributed by atoms with Crippen LogP contribution in [0.3, 0.4) is 0 Å². The van der Waals surface area contributed by atoms with E-state index in [4.69, 9.17) is 11.2 Å². The second-order valence-corrected chi connectivity index (χ2v) is 8.91. The van der Waals surface area contributed by atoms with Crippen LogP contribution in [0.2, 0.25) is 0 Å². The minimum Gasteiger partial charge on any atom is -0.479 e. The molecule has 5 nitrogen and oxygen atoms in total. The van der Waals surface area contributed by atoms with E-state index in [0.717, 1.165) is 16.8 Å². The summed E-state index contributed by atoms with van der Waals surface area (Å²) in [5, 5.41) is 4.57. The third kappa shape index (κ3) is 5.31. The van der Waals surface area contributed by atoms with Crippen molar-refractivity contribution < 1.29 is 17.9 Å². The molecule has 0 saturated heterocycles. The largest absolute Gasteiger partial charge is 0.479 e. The predicted molar refractivity (Wildman–Crippen MR) is 136 cm³/mol. The Kier molecular flexibility index (Phi) is 7.10. The summed E-state index contributed by atoms with van der Waals surface area (Å²) < 4.78 is 47.6. The predicted octanol–water partition coefficient (Wildman–Crippen LogP) is 6.50. The lowest BCUT2D eigenvalue weighted by Crippen LogP contribution is -2.20. The van der Waals surface area contributed by atoms with E-state index >= 15 is 0 Å². The highest BCUT2D eigenvalue weighted by atomic mass is 79.9. The molecule has 1 heterocycles. The molecule has 0 atom stereocenters. The topological polar surface area (TPSA) is 56.5 Å². The summed E-state index contributed by atoms with van der Waals surface area (Å²) in [4.78, 5) is 17.7. The standard InChI is InChI=1S/C25H14Br2F3N3O2/c1-2-10-35-22-19(26)11-15(12-20(22)27)14-31-33-23(16-6-5-7-17(13-16)25(28,29)30)32-21-9-4-3-8-18(21)24(33)34/h1,3-9,11-14H,10H2. The molecule has 0 radical (unpaired) electrons. The molecule has 0 spiro atoms. The van der Waals surface area contributed by atoms with Crippen molar-refractivity contribution in [3.63, 3.8) is 0 Å². The Morgan fingerprint density at radius 3 is 2.49 bits per heavy atom. The lowest BCUT2D eigenvalue weighted by molar-refractivity contribution is -0.137. The molecule has 176 valence electrons. The van der Waals surface area contributed by atoms with Gasteiger partial charge in [-0.1, -0.05) is 30.2 Å². The number of terminal acetylenes is 1. The van der Waals surface area contributed by atoms with Gasteiger partial charge in [-0.25, -0.2) is 4.98 Å². The number of halogens is 5. The van der Waals surface area contributed by atoms with E-state index in [9.17, 15) is 18.0 Å². The molecule has 35 heavy (non-hydrogen) atoms. The number of para-hydroxylation sites is 1. The molecule has 0 bridgehead atoms. The number of hydrogen-bond acceptors (Lipinski definition) is 4. The average molecular weight is 605 g/mol. The van der Waals surface area contributed by atoms with Crippen LogP contribution in [0, 0.1) is 12.3 Å². The van der Waals surface area contributed by atoms with E-state index in [1.807, 2.05) is 0 Å². The van der Waals surface area contributed by atoms with Gasteiger partial charge >= 0.3 is 6.18 Å². The van der Waals surface area contributed by atoms with E-state index in [-0.39, 0.29) is 23.4 Å². The van der Waals surface area contributed by atoms with Gasteiger partial charge in [0, 0.05) is 5.56 Å². The van der Waals surface area contributed by atoms with Crippen LogP contribution in [0.15, 0.2) is 79.5 Å². The van der Waals surface area contributed by atoms with Crippen molar-refractivity contribution in [2.24, 2.45) is 5.10 Å². The zero-order valence-corrected chi connectivity index (χ0v) is 20.9. The molecule has 0 N–H and O–H groups in total. The van der Waals surface area contributed by atoms with Gasteiger partial charge in [-0.2, -0.15) is 22.9 Å². The molecular weight excluding hydrogens is 591 g/mol. The number of hydrogen-bond donors (Lipinski definition) is 0. The lowest BCUT2D eigenvalue weighted by Gasteiger charge is -2.12. The van der Waals surface area contributed by atoms with E-state index in [2.05, 4.69) is 47.9 Å². The maximum absolute atomic E-state index is 13.3. The van der Waals surface area contributed by atoms with E-state index < -0.39 is 17.3 Å². The lowest BCUT2D eigenvalue weighted by atomic mass is 10.1. The smallest absolute Gasteiger partial charge is 0.416 e. The summed E-state index contributed by atoms with van der Waals surface area (Å²) in [5.41, 5.74) is -0.362. The van der Waals surface area contributed by atoms with Gasteiger partial charge in [0.2, 0.25) is 0 Å². The van der Waals surface area contributed by atoms with Crippen LogP contribution in [0.1, 0.15) is 11.1 Å². The zero-order valence-electron chi connectivity index (χ0n) is 17.7. The number of alkyl halides is 3. The van der Waals surface area contributed by atoms with E-state index in [1.54, 1.807) is 36.4 Å². The highest BCUT2D eigenvalue weighted by Crippen LogP contribution is 2.35. The fourth-order valence-electron chi connectivity index (χ4n) is 3.28. The summed E-state index contributed by atoms with van der Waals surface area (Å²) in [5.74, 6) is 2.85. The number of fused-ring (bicyclic) bond motifs is 1. The third-order valence-electron chi connectivity index (χ3n) is 4.84. The zero-order chi connectivity index (χ0) is 25.2. The maximum Gasteiger partial charge on any atom is 0.416 e. The average Bonchev–Trinajstić information content (AvgIpc) is 2.82. The van der Waals surface area contributed by atoms with Gasteiger partial charge < -0.3 is 4.74 Å². The quantitative estimate of drug-likeness (QED) is 0.193. The van der Waals surface area contributed by atoms with Crippen molar-refractivity contribution >= 4 is 49.0 Å². The Morgan fingerprint density at radius 2 is 1.80 bits per heavy atom. The Morgan fingerprint density at radius 1 is 1.09 bits per heavy atom. The highest BCUT2D eigenvalue weighted by Gasteiger charge is 2.31. The van der Waals surface area contributed by atoms with Crippen molar-refractivity contribution in [1.82, 2.24) is 9.66 Å². The molecular formula is C25H14Br2F3N3O2.